The second-order valence-corrected chi connectivity index (χ2v) is 6.15. The molecule has 0 atom stereocenters. The summed E-state index contributed by atoms with van der Waals surface area (Å²) in [5.41, 5.74) is 0.382. The van der Waals surface area contributed by atoms with Gasteiger partial charge in [-0.25, -0.2) is 4.68 Å². The van der Waals surface area contributed by atoms with Gasteiger partial charge in [0.2, 0.25) is 5.89 Å². The van der Waals surface area contributed by atoms with E-state index in [1.54, 1.807) is 18.2 Å². The van der Waals surface area contributed by atoms with Crippen LogP contribution in [-0.2, 0) is 12.7 Å². The Morgan fingerprint density at radius 3 is 2.50 bits per heavy atom. The first kappa shape index (κ1) is 18.5. The smallest absolute Gasteiger partial charge is 0.416 e. The SMILES string of the molecule is COc1ccc(Cl)cc1Cn1nc(-c2ccc(C(F)(F)F)cc2)oc1=S. The molecule has 0 aliphatic carbocycles. The third kappa shape index (κ3) is 3.91. The van der Waals surface area contributed by atoms with E-state index in [2.05, 4.69) is 5.10 Å². The molecule has 0 aliphatic heterocycles. The van der Waals surface area contributed by atoms with Gasteiger partial charge < -0.3 is 9.15 Å². The van der Waals surface area contributed by atoms with Gasteiger partial charge in [0.05, 0.1) is 19.2 Å². The Morgan fingerprint density at radius 2 is 1.88 bits per heavy atom. The number of rotatable bonds is 4. The number of methoxy groups -OCH3 is 1. The Bertz CT molecular complexity index is 981. The summed E-state index contributed by atoms with van der Waals surface area (Å²) in [7, 11) is 1.53. The van der Waals surface area contributed by atoms with Crippen LogP contribution in [0.3, 0.4) is 0 Å². The van der Waals surface area contributed by atoms with Crippen molar-refractivity contribution in [3.8, 4) is 17.2 Å². The van der Waals surface area contributed by atoms with E-state index >= 15 is 0 Å². The van der Waals surface area contributed by atoms with Crippen LogP contribution in [0.25, 0.3) is 11.5 Å². The third-order valence-corrected chi connectivity index (χ3v) is 4.16. The highest BCUT2D eigenvalue weighted by molar-refractivity contribution is 7.71. The van der Waals surface area contributed by atoms with E-state index in [1.165, 1.54) is 23.9 Å². The second kappa shape index (κ2) is 7.13. The van der Waals surface area contributed by atoms with E-state index in [4.69, 9.17) is 33.0 Å². The van der Waals surface area contributed by atoms with Gasteiger partial charge in [-0.3, -0.25) is 0 Å². The van der Waals surface area contributed by atoms with Crippen LogP contribution in [0.15, 0.2) is 46.9 Å². The number of alkyl halides is 3. The molecular formula is C17H12ClF3N2O2S. The minimum absolute atomic E-state index is 0.0851. The molecule has 0 unspecified atom stereocenters. The molecule has 3 aromatic rings. The van der Waals surface area contributed by atoms with Gasteiger partial charge in [0.1, 0.15) is 5.75 Å². The van der Waals surface area contributed by atoms with Crippen LogP contribution in [0.2, 0.25) is 5.02 Å². The standard InChI is InChI=1S/C17H12ClF3N2O2S/c1-24-14-7-6-13(18)8-11(14)9-23-16(26)25-15(22-23)10-2-4-12(5-3-10)17(19,20)21/h2-8H,9H2,1H3. The van der Waals surface area contributed by atoms with Gasteiger partial charge in [0.25, 0.3) is 4.84 Å². The molecule has 26 heavy (non-hydrogen) atoms. The number of nitrogens with zero attached hydrogens (tertiary/aromatic N) is 2. The molecule has 0 saturated carbocycles. The second-order valence-electron chi connectivity index (χ2n) is 5.36. The first-order valence-corrected chi connectivity index (χ1v) is 8.14. The quantitative estimate of drug-likeness (QED) is 0.534. The van der Waals surface area contributed by atoms with Crippen LogP contribution < -0.4 is 4.74 Å². The maximum absolute atomic E-state index is 12.7. The molecule has 136 valence electrons. The Labute approximate surface area is 156 Å². The number of hydrogen-bond donors (Lipinski definition) is 0. The molecule has 0 radical (unpaired) electrons. The molecule has 0 saturated heterocycles. The van der Waals surface area contributed by atoms with E-state index in [0.29, 0.717) is 16.3 Å². The van der Waals surface area contributed by atoms with E-state index in [0.717, 1.165) is 17.7 Å². The van der Waals surface area contributed by atoms with Gasteiger partial charge in [0.15, 0.2) is 0 Å². The Morgan fingerprint density at radius 1 is 1.19 bits per heavy atom. The van der Waals surface area contributed by atoms with E-state index in [-0.39, 0.29) is 17.3 Å². The summed E-state index contributed by atoms with van der Waals surface area (Å²) in [5.74, 6) is 0.736. The minimum atomic E-state index is -4.40. The Hall–Kier alpha value is -2.32. The average Bonchev–Trinajstić information content (AvgIpc) is 2.95. The highest BCUT2D eigenvalue weighted by Crippen LogP contribution is 2.31. The fourth-order valence-electron chi connectivity index (χ4n) is 2.36. The molecule has 1 heterocycles. The van der Waals surface area contributed by atoms with Crippen molar-refractivity contribution >= 4 is 23.8 Å². The van der Waals surface area contributed by atoms with E-state index in [9.17, 15) is 13.2 Å². The van der Waals surface area contributed by atoms with Crippen LogP contribution in [-0.4, -0.2) is 16.9 Å². The molecule has 0 spiro atoms. The summed E-state index contributed by atoms with van der Waals surface area (Å²) in [6, 6.07) is 9.63. The Balaban J connectivity index is 1.91. The molecule has 9 heteroatoms. The number of hydrogen-bond acceptors (Lipinski definition) is 4. The number of benzene rings is 2. The van der Waals surface area contributed by atoms with Crippen molar-refractivity contribution in [3.05, 3.63) is 63.5 Å². The third-order valence-electron chi connectivity index (χ3n) is 3.63. The van der Waals surface area contributed by atoms with Crippen LogP contribution in [0, 0.1) is 4.84 Å². The molecular weight excluding hydrogens is 389 g/mol. The van der Waals surface area contributed by atoms with Gasteiger partial charge in [0, 0.05) is 16.1 Å². The van der Waals surface area contributed by atoms with Crippen molar-refractivity contribution in [2.75, 3.05) is 7.11 Å². The first-order valence-electron chi connectivity index (χ1n) is 7.36. The summed E-state index contributed by atoms with van der Waals surface area (Å²) >= 11 is 11.2. The van der Waals surface area contributed by atoms with Crippen molar-refractivity contribution in [1.29, 1.82) is 0 Å². The highest BCUT2D eigenvalue weighted by Gasteiger charge is 2.30. The van der Waals surface area contributed by atoms with Gasteiger partial charge in [-0.15, -0.1) is 5.10 Å². The lowest BCUT2D eigenvalue weighted by Crippen LogP contribution is -2.04. The summed E-state index contributed by atoms with van der Waals surface area (Å²) in [6.07, 6.45) is -4.40. The van der Waals surface area contributed by atoms with Crippen LogP contribution in [0.5, 0.6) is 5.75 Å². The summed E-state index contributed by atoms with van der Waals surface area (Å²) in [4.78, 5) is 0.0851. The van der Waals surface area contributed by atoms with E-state index < -0.39 is 11.7 Å². The summed E-state index contributed by atoms with van der Waals surface area (Å²) in [6.45, 7) is 0.243. The average molecular weight is 401 g/mol. The first-order chi connectivity index (χ1) is 12.3. The predicted octanol–water partition coefficient (Wildman–Crippen LogP) is 5.60. The normalized spacial score (nSPS) is 11.6. The van der Waals surface area contributed by atoms with Gasteiger partial charge >= 0.3 is 6.18 Å². The molecule has 0 amide bonds. The lowest BCUT2D eigenvalue weighted by atomic mass is 10.1. The van der Waals surface area contributed by atoms with Crippen molar-refractivity contribution in [3.63, 3.8) is 0 Å². The molecule has 0 N–H and O–H groups in total. The monoisotopic (exact) mass is 400 g/mol. The van der Waals surface area contributed by atoms with Crippen LogP contribution >= 0.6 is 23.8 Å². The van der Waals surface area contributed by atoms with Gasteiger partial charge in [-0.05, 0) is 54.7 Å². The molecule has 0 aliphatic rings. The fourth-order valence-corrected chi connectivity index (χ4v) is 2.74. The number of ether oxygens (including phenoxy) is 1. The van der Waals surface area contributed by atoms with Gasteiger partial charge in [-0.2, -0.15) is 13.2 Å². The summed E-state index contributed by atoms with van der Waals surface area (Å²) < 4.78 is 50.1. The molecule has 0 fully saturated rings. The molecule has 4 nitrogen and oxygen atoms in total. The Kier molecular flexibility index (Phi) is 5.06. The molecule has 3 rings (SSSR count). The van der Waals surface area contributed by atoms with Crippen LogP contribution in [0.1, 0.15) is 11.1 Å². The lowest BCUT2D eigenvalue weighted by Gasteiger charge is -2.08. The number of aromatic nitrogens is 2. The summed E-state index contributed by atoms with van der Waals surface area (Å²) in [5, 5.41) is 4.76. The predicted molar refractivity (Wildman–Crippen MR) is 92.9 cm³/mol. The zero-order valence-electron chi connectivity index (χ0n) is 13.4. The van der Waals surface area contributed by atoms with Crippen molar-refractivity contribution in [2.45, 2.75) is 12.7 Å². The molecule has 1 aromatic heterocycles. The van der Waals surface area contributed by atoms with Crippen molar-refractivity contribution in [1.82, 2.24) is 9.78 Å². The zero-order chi connectivity index (χ0) is 18.9. The largest absolute Gasteiger partial charge is 0.496 e. The van der Waals surface area contributed by atoms with Gasteiger partial charge in [-0.1, -0.05) is 11.6 Å². The minimum Gasteiger partial charge on any atom is -0.496 e. The lowest BCUT2D eigenvalue weighted by molar-refractivity contribution is -0.137. The topological polar surface area (TPSA) is 40.2 Å². The highest BCUT2D eigenvalue weighted by atomic mass is 35.5. The molecule has 2 aromatic carbocycles. The van der Waals surface area contributed by atoms with Crippen LogP contribution in [0.4, 0.5) is 13.2 Å². The maximum Gasteiger partial charge on any atom is 0.416 e. The van der Waals surface area contributed by atoms with Crippen molar-refractivity contribution in [2.24, 2.45) is 0 Å². The zero-order valence-corrected chi connectivity index (χ0v) is 15.0. The van der Waals surface area contributed by atoms with Crippen molar-refractivity contribution < 1.29 is 22.3 Å². The fraction of sp³-hybridized carbons (Fsp3) is 0.176. The van der Waals surface area contributed by atoms with E-state index in [1.807, 2.05) is 0 Å². The number of halogens is 4. The molecule has 0 bridgehead atoms. The maximum atomic E-state index is 12.7.